The van der Waals surface area contributed by atoms with Crippen LogP contribution in [-0.4, -0.2) is 23.5 Å². The van der Waals surface area contributed by atoms with Gasteiger partial charge in [-0.3, -0.25) is 4.79 Å². The average molecular weight is 520 g/mol. The Bertz CT molecular complexity index is 1490. The first kappa shape index (κ1) is 24.5. The van der Waals surface area contributed by atoms with Crippen molar-refractivity contribution < 1.29 is 14.3 Å². The summed E-state index contributed by atoms with van der Waals surface area (Å²) in [5, 5.41) is 4.37. The van der Waals surface area contributed by atoms with E-state index >= 15 is 0 Å². The Hall–Kier alpha value is -3.23. The zero-order valence-electron chi connectivity index (χ0n) is 20.9. The number of hydrogen-bond donors (Lipinski definition) is 2. The van der Waals surface area contributed by atoms with E-state index in [2.05, 4.69) is 34.6 Å². The lowest BCUT2D eigenvalue weighted by Gasteiger charge is -2.23. The predicted octanol–water partition coefficient (Wildman–Crippen LogP) is 6.57. The van der Waals surface area contributed by atoms with Crippen LogP contribution in [0.4, 0.5) is 10.7 Å². The number of carbonyl (C=O) groups excluding carboxylic acids is 2. The number of esters is 1. The van der Waals surface area contributed by atoms with E-state index < -0.39 is 5.97 Å². The molecule has 3 heterocycles. The highest BCUT2D eigenvalue weighted by Gasteiger charge is 2.31. The molecule has 0 bridgehead atoms. The van der Waals surface area contributed by atoms with E-state index in [1.807, 2.05) is 26.8 Å². The van der Waals surface area contributed by atoms with Crippen LogP contribution in [0.2, 0.25) is 0 Å². The highest BCUT2D eigenvalue weighted by molar-refractivity contribution is 7.21. The Balaban J connectivity index is 1.51. The molecule has 0 aliphatic heterocycles. The van der Waals surface area contributed by atoms with Gasteiger partial charge in [0.2, 0.25) is 0 Å². The lowest BCUT2D eigenvalue weighted by molar-refractivity contribution is 0.0526. The van der Waals surface area contributed by atoms with Crippen molar-refractivity contribution in [1.29, 1.82) is 0 Å². The molecule has 1 aliphatic carbocycles. The predicted molar refractivity (Wildman–Crippen MR) is 148 cm³/mol. The van der Waals surface area contributed by atoms with E-state index in [4.69, 9.17) is 10.5 Å². The number of amides is 1. The molecule has 6 nitrogen and oxygen atoms in total. The summed E-state index contributed by atoms with van der Waals surface area (Å²) in [6, 6.07) is 10.5. The Morgan fingerprint density at radius 3 is 2.61 bits per heavy atom. The van der Waals surface area contributed by atoms with Crippen LogP contribution in [0.5, 0.6) is 0 Å². The number of nitrogens with zero attached hydrogens (tertiary/aromatic N) is 1. The number of fused-ring (bicyclic) bond motifs is 2. The molecule has 3 N–H and O–H groups in total. The first-order valence-corrected chi connectivity index (χ1v) is 13.8. The van der Waals surface area contributed by atoms with Gasteiger partial charge < -0.3 is 15.8 Å². The minimum absolute atomic E-state index is 0.274. The van der Waals surface area contributed by atoms with Gasteiger partial charge in [-0.25, -0.2) is 9.78 Å². The van der Waals surface area contributed by atoms with Crippen molar-refractivity contribution >= 4 is 55.5 Å². The molecule has 1 amide bonds. The largest absolute Gasteiger partial charge is 0.462 e. The number of ether oxygens (including phenoxy) is 1. The van der Waals surface area contributed by atoms with Crippen molar-refractivity contribution in [1.82, 2.24) is 4.98 Å². The fraction of sp³-hybridized carbons (Fsp3) is 0.321. The van der Waals surface area contributed by atoms with Crippen LogP contribution in [0.3, 0.4) is 0 Å². The van der Waals surface area contributed by atoms with Gasteiger partial charge in [-0.1, -0.05) is 30.3 Å². The average Bonchev–Trinajstić information content (AvgIpc) is 3.39. The number of aryl methyl sites for hydroxylation is 2. The summed E-state index contributed by atoms with van der Waals surface area (Å²) in [5.41, 5.74) is 12.7. The van der Waals surface area contributed by atoms with Crippen LogP contribution in [0.15, 0.2) is 30.3 Å². The molecule has 0 spiro atoms. The third-order valence-electron chi connectivity index (χ3n) is 7.13. The topological polar surface area (TPSA) is 94.3 Å². The Labute approximate surface area is 218 Å². The quantitative estimate of drug-likeness (QED) is 0.291. The van der Waals surface area contributed by atoms with Gasteiger partial charge in [0.1, 0.15) is 14.7 Å². The molecule has 1 aromatic carbocycles. The molecule has 1 atom stereocenters. The Morgan fingerprint density at radius 1 is 1.14 bits per heavy atom. The van der Waals surface area contributed by atoms with Gasteiger partial charge in [0, 0.05) is 16.0 Å². The molecule has 3 aromatic heterocycles. The van der Waals surface area contributed by atoms with Gasteiger partial charge in [0.05, 0.1) is 17.9 Å². The molecule has 0 fully saturated rings. The number of thiophene rings is 2. The molecule has 0 radical (unpaired) electrons. The van der Waals surface area contributed by atoms with Gasteiger partial charge in [-0.05, 0) is 75.1 Å². The van der Waals surface area contributed by atoms with Crippen molar-refractivity contribution in [3.8, 4) is 0 Å². The summed E-state index contributed by atoms with van der Waals surface area (Å²) in [6.07, 6.45) is 2.54. The van der Waals surface area contributed by atoms with Crippen LogP contribution in [-0.2, 0) is 17.6 Å². The van der Waals surface area contributed by atoms with Gasteiger partial charge in [-0.15, -0.1) is 22.7 Å². The summed E-state index contributed by atoms with van der Waals surface area (Å²) in [5.74, 6) is -0.333. The maximum Gasteiger partial charge on any atom is 0.341 e. The summed E-state index contributed by atoms with van der Waals surface area (Å²) in [7, 11) is 0. The molecule has 1 aliphatic rings. The third-order valence-corrected chi connectivity index (χ3v) is 9.39. The number of nitrogens with one attached hydrogen (secondary N) is 1. The second kappa shape index (κ2) is 9.67. The van der Waals surface area contributed by atoms with Crippen LogP contribution in [0.25, 0.3) is 10.2 Å². The number of hydrogen-bond acceptors (Lipinski definition) is 7. The number of anilines is 2. The van der Waals surface area contributed by atoms with Crippen LogP contribution in [0, 0.1) is 20.8 Å². The smallest absolute Gasteiger partial charge is 0.341 e. The van der Waals surface area contributed by atoms with E-state index in [-0.39, 0.29) is 12.5 Å². The number of nitrogen functional groups attached to an aromatic ring is 1. The van der Waals surface area contributed by atoms with Crippen molar-refractivity contribution in [3.05, 3.63) is 73.6 Å². The lowest BCUT2D eigenvalue weighted by atomic mass is 9.83. The number of benzene rings is 1. The number of pyridine rings is 1. The molecule has 4 aromatic rings. The summed E-state index contributed by atoms with van der Waals surface area (Å²) in [4.78, 5) is 33.4. The fourth-order valence-corrected chi connectivity index (χ4v) is 7.41. The SMILES string of the molecule is CCOC(=O)c1c(NC(=O)c2sc3nc(C)c(C)c(C)c3c2N)sc2c1CCC(c1ccccc1)C2. The molecule has 5 rings (SSSR count). The molecule has 36 heavy (non-hydrogen) atoms. The summed E-state index contributed by atoms with van der Waals surface area (Å²) >= 11 is 2.76. The monoisotopic (exact) mass is 519 g/mol. The lowest BCUT2D eigenvalue weighted by Crippen LogP contribution is -2.17. The van der Waals surface area contributed by atoms with E-state index in [1.165, 1.54) is 28.2 Å². The molecule has 186 valence electrons. The zero-order valence-corrected chi connectivity index (χ0v) is 22.5. The summed E-state index contributed by atoms with van der Waals surface area (Å²) < 4.78 is 5.39. The maximum atomic E-state index is 13.5. The Kier molecular flexibility index (Phi) is 6.57. The molecule has 1 unspecified atom stereocenters. The second-order valence-electron chi connectivity index (χ2n) is 9.21. The highest BCUT2D eigenvalue weighted by atomic mass is 32.1. The number of nitrogens with two attached hydrogens (primary N) is 1. The number of rotatable bonds is 5. The van der Waals surface area contributed by atoms with Crippen molar-refractivity contribution in [2.75, 3.05) is 17.7 Å². The van der Waals surface area contributed by atoms with Gasteiger partial charge in [0.15, 0.2) is 0 Å². The van der Waals surface area contributed by atoms with Crippen LogP contribution in [0.1, 0.15) is 72.1 Å². The minimum atomic E-state index is -0.392. The van der Waals surface area contributed by atoms with Gasteiger partial charge in [-0.2, -0.15) is 0 Å². The first-order chi connectivity index (χ1) is 17.3. The van der Waals surface area contributed by atoms with Gasteiger partial charge in [0.25, 0.3) is 5.91 Å². The second-order valence-corrected chi connectivity index (χ2v) is 11.3. The van der Waals surface area contributed by atoms with E-state index in [0.29, 0.717) is 27.0 Å². The van der Waals surface area contributed by atoms with E-state index in [1.54, 1.807) is 6.92 Å². The van der Waals surface area contributed by atoms with Crippen molar-refractivity contribution in [2.45, 2.75) is 52.9 Å². The van der Waals surface area contributed by atoms with Crippen LogP contribution >= 0.6 is 22.7 Å². The molecular formula is C28H29N3O3S2. The standard InChI is InChI=1S/C28H29N3O3S2/c1-5-34-28(33)22-19-12-11-18(17-9-7-6-8-10-17)13-20(19)35-27(22)31-25(32)24-23(29)21-15(3)14(2)16(4)30-26(21)36-24/h6-10,18H,5,11-13,29H2,1-4H3,(H,31,32). The third kappa shape index (κ3) is 4.18. The summed E-state index contributed by atoms with van der Waals surface area (Å²) in [6.45, 7) is 8.04. The molecule has 0 saturated heterocycles. The normalized spacial score (nSPS) is 15.1. The van der Waals surface area contributed by atoms with Crippen molar-refractivity contribution in [2.24, 2.45) is 0 Å². The fourth-order valence-electron chi connectivity index (χ4n) is 5.00. The molecular weight excluding hydrogens is 490 g/mol. The molecule has 8 heteroatoms. The van der Waals surface area contributed by atoms with Crippen molar-refractivity contribution in [3.63, 3.8) is 0 Å². The van der Waals surface area contributed by atoms with Gasteiger partial charge >= 0.3 is 5.97 Å². The maximum absolute atomic E-state index is 13.5. The van der Waals surface area contributed by atoms with E-state index in [0.717, 1.165) is 56.7 Å². The van der Waals surface area contributed by atoms with Crippen LogP contribution < -0.4 is 11.1 Å². The Morgan fingerprint density at radius 2 is 1.89 bits per heavy atom. The first-order valence-electron chi connectivity index (χ1n) is 12.1. The highest BCUT2D eigenvalue weighted by Crippen LogP contribution is 2.44. The number of carbonyl (C=O) groups is 2. The molecule has 0 saturated carbocycles. The number of aromatic nitrogens is 1. The minimum Gasteiger partial charge on any atom is -0.462 e. The van der Waals surface area contributed by atoms with E-state index in [9.17, 15) is 9.59 Å². The zero-order chi connectivity index (χ0) is 25.6.